The molecule has 4 nitrogen and oxygen atoms in total. The van der Waals surface area contributed by atoms with Crippen LogP contribution in [0.5, 0.6) is 5.75 Å². The van der Waals surface area contributed by atoms with Crippen LogP contribution in [0.4, 0.5) is 5.13 Å². The molecule has 0 spiro atoms. The van der Waals surface area contributed by atoms with E-state index in [9.17, 15) is 4.79 Å². The number of amides is 1. The molecule has 3 aromatic rings. The number of thiazole rings is 1. The highest BCUT2D eigenvalue weighted by Gasteiger charge is 2.09. The van der Waals surface area contributed by atoms with Crippen LogP contribution in [-0.2, 0) is 11.2 Å². The maximum Gasteiger partial charge on any atom is 0.229 e. The second-order valence-corrected chi connectivity index (χ2v) is 6.97. The molecule has 1 aromatic carbocycles. The Hall–Kier alpha value is -2.18. The first-order valence-corrected chi connectivity index (χ1v) is 9.51. The summed E-state index contributed by atoms with van der Waals surface area (Å²) in [6.45, 7) is 2.46. The molecule has 0 saturated carbocycles. The van der Waals surface area contributed by atoms with Crippen LogP contribution in [0.15, 0.2) is 47.2 Å². The summed E-state index contributed by atoms with van der Waals surface area (Å²) in [5.41, 5.74) is 2.17. The van der Waals surface area contributed by atoms with Gasteiger partial charge in [0.1, 0.15) is 5.75 Å². The van der Waals surface area contributed by atoms with Gasteiger partial charge in [-0.1, -0.05) is 25.1 Å². The van der Waals surface area contributed by atoms with Gasteiger partial charge in [0.05, 0.1) is 23.6 Å². The number of hydrogen-bond acceptors (Lipinski definition) is 5. The lowest BCUT2D eigenvalue weighted by Gasteiger charge is -2.06. The molecule has 6 heteroatoms. The van der Waals surface area contributed by atoms with Crippen LogP contribution in [0.1, 0.15) is 18.9 Å². The Balaban J connectivity index is 1.45. The molecule has 1 N–H and O–H groups in total. The van der Waals surface area contributed by atoms with E-state index in [-0.39, 0.29) is 5.91 Å². The van der Waals surface area contributed by atoms with Gasteiger partial charge in [-0.2, -0.15) is 0 Å². The number of hydrogen-bond donors (Lipinski definition) is 1. The minimum absolute atomic E-state index is 0.0905. The fourth-order valence-corrected chi connectivity index (χ4v) is 3.62. The van der Waals surface area contributed by atoms with Gasteiger partial charge in [0.2, 0.25) is 5.91 Å². The van der Waals surface area contributed by atoms with E-state index in [0.29, 0.717) is 18.2 Å². The number of benzene rings is 1. The lowest BCUT2D eigenvalue weighted by atomic mass is 10.2. The SMILES string of the molecule is CCc1ccc(OCCC(=O)Nc2nc(-c3cccs3)cs2)cc1. The normalized spacial score (nSPS) is 10.5. The van der Waals surface area contributed by atoms with Crippen molar-refractivity contribution in [3.63, 3.8) is 0 Å². The van der Waals surface area contributed by atoms with Crippen molar-refractivity contribution < 1.29 is 9.53 Å². The average Bonchev–Trinajstić information content (AvgIpc) is 3.27. The molecule has 124 valence electrons. The summed E-state index contributed by atoms with van der Waals surface area (Å²) in [4.78, 5) is 17.5. The molecule has 2 heterocycles. The number of ether oxygens (including phenoxy) is 1. The summed E-state index contributed by atoms with van der Waals surface area (Å²) in [6, 6.07) is 12.0. The molecule has 0 radical (unpaired) electrons. The Labute approximate surface area is 149 Å². The highest BCUT2D eigenvalue weighted by atomic mass is 32.1. The van der Waals surface area contributed by atoms with Gasteiger partial charge in [0, 0.05) is 5.38 Å². The van der Waals surface area contributed by atoms with E-state index in [1.807, 2.05) is 47.2 Å². The Morgan fingerprint density at radius 3 is 2.75 bits per heavy atom. The van der Waals surface area contributed by atoms with Crippen molar-refractivity contribution >= 4 is 33.7 Å². The number of carbonyl (C=O) groups excluding carboxylic acids is 1. The second kappa shape index (κ2) is 8.08. The van der Waals surface area contributed by atoms with Crippen molar-refractivity contribution in [2.75, 3.05) is 11.9 Å². The fourth-order valence-electron chi connectivity index (χ4n) is 2.13. The Kier molecular flexibility index (Phi) is 5.61. The van der Waals surface area contributed by atoms with Crippen molar-refractivity contribution in [1.82, 2.24) is 4.98 Å². The van der Waals surface area contributed by atoms with Crippen molar-refractivity contribution in [2.45, 2.75) is 19.8 Å². The molecule has 0 aliphatic rings. The molecular formula is C18H18N2O2S2. The van der Waals surface area contributed by atoms with E-state index >= 15 is 0 Å². The largest absolute Gasteiger partial charge is 0.493 e. The molecule has 0 aliphatic heterocycles. The molecule has 3 rings (SSSR count). The van der Waals surface area contributed by atoms with Crippen LogP contribution in [0, 0.1) is 0 Å². The summed E-state index contributed by atoms with van der Waals surface area (Å²) in [6.07, 6.45) is 1.30. The van der Waals surface area contributed by atoms with E-state index in [2.05, 4.69) is 17.2 Å². The molecular weight excluding hydrogens is 340 g/mol. The van der Waals surface area contributed by atoms with Crippen LogP contribution >= 0.6 is 22.7 Å². The number of aryl methyl sites for hydroxylation is 1. The van der Waals surface area contributed by atoms with E-state index in [4.69, 9.17) is 4.74 Å². The Morgan fingerprint density at radius 1 is 1.21 bits per heavy atom. The van der Waals surface area contributed by atoms with E-state index in [1.165, 1.54) is 16.9 Å². The molecule has 24 heavy (non-hydrogen) atoms. The lowest BCUT2D eigenvalue weighted by molar-refractivity contribution is -0.116. The molecule has 1 amide bonds. The van der Waals surface area contributed by atoms with E-state index in [0.717, 1.165) is 22.7 Å². The lowest BCUT2D eigenvalue weighted by Crippen LogP contribution is -2.15. The molecule has 2 aromatic heterocycles. The minimum atomic E-state index is -0.0905. The second-order valence-electron chi connectivity index (χ2n) is 5.16. The predicted octanol–water partition coefficient (Wildman–Crippen LogP) is 4.84. The van der Waals surface area contributed by atoms with Crippen LogP contribution in [0.3, 0.4) is 0 Å². The first kappa shape index (κ1) is 16.7. The zero-order valence-electron chi connectivity index (χ0n) is 13.3. The molecule has 0 saturated heterocycles. The third kappa shape index (κ3) is 4.43. The molecule has 0 atom stereocenters. The summed E-state index contributed by atoms with van der Waals surface area (Å²) in [5.74, 6) is 0.696. The molecule has 0 unspecified atom stereocenters. The number of aromatic nitrogens is 1. The number of nitrogens with zero attached hydrogens (tertiary/aromatic N) is 1. The topological polar surface area (TPSA) is 51.2 Å². The van der Waals surface area contributed by atoms with Crippen molar-refractivity contribution in [3.8, 4) is 16.3 Å². The van der Waals surface area contributed by atoms with Gasteiger partial charge in [-0.3, -0.25) is 4.79 Å². The summed E-state index contributed by atoms with van der Waals surface area (Å²) < 4.78 is 5.60. The Bertz CT molecular complexity index is 780. The fraction of sp³-hybridized carbons (Fsp3) is 0.222. The summed E-state index contributed by atoms with van der Waals surface area (Å²) in [5, 5.41) is 7.41. The average molecular weight is 358 g/mol. The van der Waals surface area contributed by atoms with Crippen molar-refractivity contribution in [2.24, 2.45) is 0 Å². The van der Waals surface area contributed by atoms with Crippen molar-refractivity contribution in [3.05, 3.63) is 52.7 Å². The third-order valence-corrected chi connectivity index (χ3v) is 5.10. The van der Waals surface area contributed by atoms with Gasteiger partial charge in [-0.15, -0.1) is 22.7 Å². The van der Waals surface area contributed by atoms with Gasteiger partial charge >= 0.3 is 0 Å². The summed E-state index contributed by atoms with van der Waals surface area (Å²) in [7, 11) is 0. The number of nitrogens with one attached hydrogen (secondary N) is 1. The van der Waals surface area contributed by atoms with Gasteiger partial charge in [0.15, 0.2) is 5.13 Å². The smallest absolute Gasteiger partial charge is 0.229 e. The zero-order valence-corrected chi connectivity index (χ0v) is 15.0. The van der Waals surface area contributed by atoms with Crippen LogP contribution in [0.2, 0.25) is 0 Å². The van der Waals surface area contributed by atoms with Gasteiger partial charge < -0.3 is 10.1 Å². The number of carbonyl (C=O) groups is 1. The predicted molar refractivity (Wildman–Crippen MR) is 100.0 cm³/mol. The molecule has 0 aliphatic carbocycles. The van der Waals surface area contributed by atoms with Crippen LogP contribution in [0.25, 0.3) is 10.6 Å². The molecule has 0 bridgehead atoms. The van der Waals surface area contributed by atoms with Crippen molar-refractivity contribution in [1.29, 1.82) is 0 Å². The minimum Gasteiger partial charge on any atom is -0.493 e. The van der Waals surface area contributed by atoms with E-state index in [1.54, 1.807) is 11.3 Å². The zero-order chi connectivity index (χ0) is 16.8. The quantitative estimate of drug-likeness (QED) is 0.657. The number of rotatable bonds is 7. The maximum absolute atomic E-state index is 12.0. The third-order valence-electron chi connectivity index (χ3n) is 3.45. The number of anilines is 1. The standard InChI is InChI=1S/C18H18N2O2S2/c1-2-13-5-7-14(8-6-13)22-10-9-17(21)20-18-19-15(12-24-18)16-4-3-11-23-16/h3-8,11-12H,2,9-10H2,1H3,(H,19,20,21). The molecule has 0 fully saturated rings. The highest BCUT2D eigenvalue weighted by Crippen LogP contribution is 2.28. The van der Waals surface area contributed by atoms with Gasteiger partial charge in [0.25, 0.3) is 0 Å². The van der Waals surface area contributed by atoms with Gasteiger partial charge in [-0.05, 0) is 35.6 Å². The monoisotopic (exact) mass is 358 g/mol. The Morgan fingerprint density at radius 2 is 2.04 bits per heavy atom. The van der Waals surface area contributed by atoms with Crippen LogP contribution < -0.4 is 10.1 Å². The number of thiophene rings is 1. The first-order valence-electron chi connectivity index (χ1n) is 7.75. The maximum atomic E-state index is 12.0. The summed E-state index contributed by atoms with van der Waals surface area (Å²) >= 11 is 3.07. The highest BCUT2D eigenvalue weighted by molar-refractivity contribution is 7.16. The first-order chi connectivity index (χ1) is 11.7. The van der Waals surface area contributed by atoms with Crippen LogP contribution in [-0.4, -0.2) is 17.5 Å². The van der Waals surface area contributed by atoms with E-state index < -0.39 is 0 Å². The van der Waals surface area contributed by atoms with Gasteiger partial charge in [-0.25, -0.2) is 4.98 Å².